The van der Waals surface area contributed by atoms with E-state index in [-0.39, 0.29) is 0 Å². The van der Waals surface area contributed by atoms with Crippen LogP contribution in [0.15, 0.2) is 0 Å². The highest BCUT2D eigenvalue weighted by Gasteiger charge is 2.60. The van der Waals surface area contributed by atoms with Gasteiger partial charge in [-0.1, -0.05) is 0 Å². The standard InChI is InChI=1S/C35H60N2O27/c1-10(44)36-19-12(46)3-35(34(55)56,63-28(19)21(49)14(48)5-39)64-30-23(51)17(8-42)59-33(26(30)54)61-27-18(9-43)60-31(20(24(27)52)37-11(2)45)62-29-22(50)16(7-41)58-32(25(29)53)57-15(6-40)13(47)4-38/h12-33,38-43,46-54H,3-9H2,1-2H3,(H,36,44)(H,37,45)(H,55,56)/t12-,13-,14+,15+,16+,17+,18+,19+,20+,21+,22-,23-,24+,25+,26+,27+,28+,29-,30-,31-,32+,33-,35-/m0/s1. The van der Waals surface area contributed by atoms with Gasteiger partial charge in [0.2, 0.25) is 11.8 Å². The molecule has 4 fully saturated rings. The second-order valence-electron chi connectivity index (χ2n) is 15.6. The van der Waals surface area contributed by atoms with E-state index < -0.39 is 204 Å². The highest BCUT2D eigenvalue weighted by atomic mass is 16.8. The average molecular weight is 941 g/mol. The second kappa shape index (κ2) is 23.5. The first-order valence-electron chi connectivity index (χ1n) is 20.0. The summed E-state index contributed by atoms with van der Waals surface area (Å²) in [6.07, 6.45) is -40.4. The molecule has 0 aromatic carbocycles. The molecule has 0 aromatic rings. The molecule has 0 unspecified atom stereocenters. The lowest BCUT2D eigenvalue weighted by atomic mass is 9.88. The summed E-state index contributed by atoms with van der Waals surface area (Å²) < 4.78 is 45.0. The van der Waals surface area contributed by atoms with Gasteiger partial charge in [0.05, 0.1) is 51.8 Å². The highest BCUT2D eigenvalue weighted by molar-refractivity contribution is 5.76. The van der Waals surface area contributed by atoms with Crippen LogP contribution in [-0.4, -0.2) is 280 Å². The van der Waals surface area contributed by atoms with Crippen LogP contribution in [0, 0.1) is 0 Å². The maximum Gasteiger partial charge on any atom is 0.364 e. The van der Waals surface area contributed by atoms with E-state index in [1.165, 1.54) is 0 Å². The van der Waals surface area contributed by atoms with Crippen molar-refractivity contribution in [2.75, 3.05) is 39.6 Å². The normalized spacial score (nSPS) is 42.5. The molecule has 4 aliphatic rings. The first-order chi connectivity index (χ1) is 30.1. The number of aliphatic carboxylic acids is 1. The summed E-state index contributed by atoms with van der Waals surface area (Å²) in [6, 6.07) is -3.41. The van der Waals surface area contributed by atoms with Crippen molar-refractivity contribution in [2.24, 2.45) is 0 Å². The third-order valence-electron chi connectivity index (χ3n) is 11.1. The molecular weight excluding hydrogens is 880 g/mol. The van der Waals surface area contributed by atoms with Crippen molar-refractivity contribution in [3.63, 3.8) is 0 Å². The Kier molecular flexibility index (Phi) is 19.8. The number of amides is 2. The maximum atomic E-state index is 12.9. The number of aliphatic hydroxyl groups is 15. The summed E-state index contributed by atoms with van der Waals surface area (Å²) in [5, 5.41) is 172. The molecule has 0 bridgehead atoms. The smallest absolute Gasteiger partial charge is 0.364 e. The molecule has 23 atom stereocenters. The fourth-order valence-electron chi connectivity index (χ4n) is 7.69. The van der Waals surface area contributed by atoms with E-state index in [9.17, 15) is 96.1 Å². The van der Waals surface area contributed by atoms with Crippen LogP contribution in [0.1, 0.15) is 20.3 Å². The molecule has 29 heteroatoms. The van der Waals surface area contributed by atoms with Gasteiger partial charge in [-0.15, -0.1) is 0 Å². The van der Waals surface area contributed by atoms with Crippen molar-refractivity contribution in [1.82, 2.24) is 10.6 Å². The molecule has 0 radical (unpaired) electrons. The molecule has 4 saturated heterocycles. The lowest BCUT2D eigenvalue weighted by molar-refractivity contribution is -0.387. The topological polar surface area (TPSA) is 473 Å². The zero-order valence-corrected chi connectivity index (χ0v) is 34.3. The summed E-state index contributed by atoms with van der Waals surface area (Å²) in [5.41, 5.74) is 0. The van der Waals surface area contributed by atoms with Gasteiger partial charge >= 0.3 is 5.97 Å². The molecule has 0 spiro atoms. The Morgan fingerprint density at radius 2 is 1.12 bits per heavy atom. The minimum atomic E-state index is -3.15. The number of ether oxygens (including phenoxy) is 8. The summed E-state index contributed by atoms with van der Waals surface area (Å²) in [4.78, 5) is 37.3. The predicted molar refractivity (Wildman–Crippen MR) is 197 cm³/mol. The zero-order valence-electron chi connectivity index (χ0n) is 34.3. The van der Waals surface area contributed by atoms with Gasteiger partial charge in [0.1, 0.15) is 104 Å². The van der Waals surface area contributed by atoms with Gasteiger partial charge in [-0.3, -0.25) is 9.59 Å². The fourth-order valence-corrected chi connectivity index (χ4v) is 7.69. The van der Waals surface area contributed by atoms with E-state index in [2.05, 4.69) is 10.6 Å². The summed E-state index contributed by atoms with van der Waals surface area (Å²) in [5.74, 6) is -6.86. The van der Waals surface area contributed by atoms with Crippen molar-refractivity contribution in [1.29, 1.82) is 0 Å². The first kappa shape index (κ1) is 54.1. The predicted octanol–water partition coefficient (Wildman–Crippen LogP) is -11.5. The number of carbonyl (C=O) groups is 3. The number of hydrogen-bond acceptors (Lipinski definition) is 26. The quantitative estimate of drug-likeness (QED) is 0.0539. The molecule has 18 N–H and O–H groups in total. The van der Waals surface area contributed by atoms with Gasteiger partial charge in [0, 0.05) is 20.3 Å². The lowest BCUT2D eigenvalue weighted by Crippen LogP contribution is -2.71. The Hall–Kier alpha value is -2.51. The number of rotatable bonds is 20. The average Bonchev–Trinajstić information content (AvgIpc) is 3.25. The molecule has 64 heavy (non-hydrogen) atoms. The van der Waals surface area contributed by atoms with Crippen LogP contribution >= 0.6 is 0 Å². The van der Waals surface area contributed by atoms with Crippen molar-refractivity contribution in [2.45, 2.75) is 161 Å². The first-order valence-corrected chi connectivity index (χ1v) is 20.0. The van der Waals surface area contributed by atoms with Crippen LogP contribution in [0.5, 0.6) is 0 Å². The highest BCUT2D eigenvalue weighted by Crippen LogP contribution is 2.39. The molecule has 4 rings (SSSR count). The van der Waals surface area contributed by atoms with Gasteiger partial charge in [-0.05, 0) is 0 Å². The van der Waals surface area contributed by atoms with Gasteiger partial charge in [-0.2, -0.15) is 0 Å². The minimum Gasteiger partial charge on any atom is -0.477 e. The number of hydrogen-bond donors (Lipinski definition) is 18. The van der Waals surface area contributed by atoms with E-state index in [0.717, 1.165) is 13.8 Å². The number of aliphatic hydroxyl groups excluding tert-OH is 15. The van der Waals surface area contributed by atoms with Crippen molar-refractivity contribution in [3.8, 4) is 0 Å². The summed E-state index contributed by atoms with van der Waals surface area (Å²) >= 11 is 0. The van der Waals surface area contributed by atoms with Gasteiger partial charge in [-0.25, -0.2) is 4.79 Å². The Morgan fingerprint density at radius 3 is 1.64 bits per heavy atom. The second-order valence-corrected chi connectivity index (χ2v) is 15.6. The number of nitrogens with one attached hydrogen (secondary N) is 2. The van der Waals surface area contributed by atoms with Crippen molar-refractivity contribution >= 4 is 17.8 Å². The number of carboxylic acid groups (broad SMARTS) is 1. The largest absolute Gasteiger partial charge is 0.477 e. The third kappa shape index (κ3) is 12.0. The molecule has 0 aliphatic carbocycles. The summed E-state index contributed by atoms with van der Waals surface area (Å²) in [6.45, 7) is -4.01. The van der Waals surface area contributed by atoms with Crippen LogP contribution in [0.3, 0.4) is 0 Å². The summed E-state index contributed by atoms with van der Waals surface area (Å²) in [7, 11) is 0. The van der Waals surface area contributed by atoms with E-state index >= 15 is 0 Å². The number of carbonyl (C=O) groups excluding carboxylic acids is 2. The maximum absolute atomic E-state index is 12.9. The SMILES string of the molecule is CC(=O)N[C@H]1[C@H](O[C@H]2[C@@H](O)[C@@H](CO)O[C@@H](O[C@H](CO)[C@@H](O)CO)[C@@H]2O)O[C@H](CO)[C@@H](O[C@@H]2O[C@H](CO)[C@H](O)[C@H](O[C@]3(C(=O)O)C[C@H](O)[C@@H](NC(C)=O)[C@H]([C@H](O)[C@H](O)CO)O3)[C@H]2O)[C@@H]1O. The Balaban J connectivity index is 1.63. The Labute approximate surface area is 362 Å². The Bertz CT molecular complexity index is 1500. The molecule has 372 valence electrons. The van der Waals surface area contributed by atoms with E-state index in [4.69, 9.17) is 37.9 Å². The van der Waals surface area contributed by atoms with Gasteiger partial charge < -0.3 is 130 Å². The van der Waals surface area contributed by atoms with E-state index in [1.54, 1.807) is 0 Å². The van der Waals surface area contributed by atoms with Crippen LogP contribution in [-0.2, 0) is 52.3 Å². The minimum absolute atomic E-state index is 0.803. The van der Waals surface area contributed by atoms with Crippen LogP contribution in [0.4, 0.5) is 0 Å². The monoisotopic (exact) mass is 940 g/mol. The number of carboxylic acids is 1. The van der Waals surface area contributed by atoms with Crippen molar-refractivity contribution in [3.05, 3.63) is 0 Å². The molecule has 0 aromatic heterocycles. The molecule has 4 heterocycles. The molecule has 4 aliphatic heterocycles. The van der Waals surface area contributed by atoms with E-state index in [1.807, 2.05) is 0 Å². The fraction of sp³-hybridized carbons (Fsp3) is 0.914. The zero-order chi connectivity index (χ0) is 48.0. The van der Waals surface area contributed by atoms with Gasteiger partial charge in [0.15, 0.2) is 18.9 Å². The lowest BCUT2D eigenvalue weighted by Gasteiger charge is -2.51. The molecule has 2 amide bonds. The van der Waals surface area contributed by atoms with Gasteiger partial charge in [0.25, 0.3) is 5.79 Å². The molecule has 0 saturated carbocycles. The van der Waals surface area contributed by atoms with E-state index in [0.29, 0.717) is 0 Å². The van der Waals surface area contributed by atoms with Crippen molar-refractivity contribution < 1.29 is 134 Å². The Morgan fingerprint density at radius 1 is 0.625 bits per heavy atom. The van der Waals surface area contributed by atoms with Crippen LogP contribution in [0.25, 0.3) is 0 Å². The molecule has 29 nitrogen and oxygen atoms in total. The van der Waals surface area contributed by atoms with Crippen LogP contribution in [0.2, 0.25) is 0 Å². The van der Waals surface area contributed by atoms with Crippen LogP contribution < -0.4 is 10.6 Å². The molecular formula is C35H60N2O27. The third-order valence-corrected chi connectivity index (χ3v) is 11.1.